The fourth-order valence-corrected chi connectivity index (χ4v) is 4.96. The Labute approximate surface area is 124 Å². The highest BCUT2D eigenvalue weighted by Crippen LogP contribution is 2.40. The van der Waals surface area contributed by atoms with E-state index in [0.29, 0.717) is 6.04 Å². The molecule has 116 valence electrons. The van der Waals surface area contributed by atoms with E-state index >= 15 is 0 Å². The molecule has 4 atom stereocenters. The molecule has 2 saturated heterocycles. The summed E-state index contributed by atoms with van der Waals surface area (Å²) in [5, 5.41) is 10.7. The molecular formula is C17H32N2O. The van der Waals surface area contributed by atoms with Crippen LogP contribution in [-0.4, -0.2) is 59.8 Å². The standard InChI is InChI=1S/C17H32N2O/c1-17(2)9-4-7-15(16(17)20)19-11-8-14-13(12-19)6-5-10-18(14)3/h13-16,20H,4-12H2,1-3H3. The summed E-state index contributed by atoms with van der Waals surface area (Å²) in [4.78, 5) is 5.21. The van der Waals surface area contributed by atoms with Gasteiger partial charge in [0.05, 0.1) is 6.10 Å². The molecule has 2 aliphatic heterocycles. The van der Waals surface area contributed by atoms with E-state index in [1.807, 2.05) is 0 Å². The molecule has 1 saturated carbocycles. The van der Waals surface area contributed by atoms with Crippen molar-refractivity contribution in [2.45, 2.75) is 70.6 Å². The van der Waals surface area contributed by atoms with Crippen LogP contribution in [0.1, 0.15) is 52.4 Å². The zero-order valence-corrected chi connectivity index (χ0v) is 13.5. The van der Waals surface area contributed by atoms with E-state index in [1.54, 1.807) is 0 Å². The molecule has 0 spiro atoms. The van der Waals surface area contributed by atoms with Gasteiger partial charge >= 0.3 is 0 Å². The molecule has 1 aliphatic carbocycles. The van der Waals surface area contributed by atoms with Gasteiger partial charge in [0.1, 0.15) is 0 Å². The fourth-order valence-electron chi connectivity index (χ4n) is 4.96. The lowest BCUT2D eigenvalue weighted by molar-refractivity contribution is -0.0795. The Morgan fingerprint density at radius 3 is 2.60 bits per heavy atom. The quantitative estimate of drug-likeness (QED) is 0.799. The Balaban J connectivity index is 1.67. The Bertz CT molecular complexity index is 344. The Hall–Kier alpha value is -0.120. The number of rotatable bonds is 1. The van der Waals surface area contributed by atoms with Gasteiger partial charge in [-0.25, -0.2) is 0 Å². The average molecular weight is 280 g/mol. The largest absolute Gasteiger partial charge is 0.391 e. The van der Waals surface area contributed by atoms with Gasteiger partial charge in [0.25, 0.3) is 0 Å². The zero-order chi connectivity index (χ0) is 14.3. The summed E-state index contributed by atoms with van der Waals surface area (Å²) in [6, 6.07) is 1.21. The maximum Gasteiger partial charge on any atom is 0.0746 e. The second kappa shape index (κ2) is 5.58. The minimum Gasteiger partial charge on any atom is -0.391 e. The lowest BCUT2D eigenvalue weighted by Gasteiger charge is -2.51. The number of hydrogen-bond acceptors (Lipinski definition) is 3. The number of likely N-dealkylation sites (tertiary alicyclic amines) is 2. The van der Waals surface area contributed by atoms with Crippen LogP contribution in [-0.2, 0) is 0 Å². The van der Waals surface area contributed by atoms with Gasteiger partial charge in [-0.2, -0.15) is 0 Å². The van der Waals surface area contributed by atoms with Crippen molar-refractivity contribution in [3.05, 3.63) is 0 Å². The van der Waals surface area contributed by atoms with Crippen LogP contribution in [0.4, 0.5) is 0 Å². The minimum absolute atomic E-state index is 0.100. The van der Waals surface area contributed by atoms with Crippen molar-refractivity contribution in [2.24, 2.45) is 11.3 Å². The fraction of sp³-hybridized carbons (Fsp3) is 1.00. The third-order valence-electron chi connectivity index (χ3n) is 6.33. The second-order valence-corrected chi connectivity index (χ2v) is 8.13. The molecule has 3 fully saturated rings. The van der Waals surface area contributed by atoms with Crippen LogP contribution < -0.4 is 0 Å². The maximum absolute atomic E-state index is 10.7. The third-order valence-corrected chi connectivity index (χ3v) is 6.33. The lowest BCUT2D eigenvalue weighted by atomic mass is 9.71. The molecule has 2 heterocycles. The summed E-state index contributed by atoms with van der Waals surface area (Å²) in [5.74, 6) is 0.833. The molecule has 20 heavy (non-hydrogen) atoms. The molecule has 3 nitrogen and oxygen atoms in total. The summed E-state index contributed by atoms with van der Waals surface area (Å²) >= 11 is 0. The van der Waals surface area contributed by atoms with E-state index in [9.17, 15) is 5.11 Å². The van der Waals surface area contributed by atoms with E-state index in [4.69, 9.17) is 0 Å². The van der Waals surface area contributed by atoms with Crippen LogP contribution in [0.25, 0.3) is 0 Å². The number of aliphatic hydroxyl groups excluding tert-OH is 1. The summed E-state index contributed by atoms with van der Waals surface area (Å²) in [6.45, 7) is 8.16. The molecule has 1 N–H and O–H groups in total. The highest BCUT2D eigenvalue weighted by Gasteiger charge is 2.43. The van der Waals surface area contributed by atoms with Crippen LogP contribution in [0, 0.1) is 11.3 Å². The van der Waals surface area contributed by atoms with E-state index in [2.05, 4.69) is 30.7 Å². The highest BCUT2D eigenvalue weighted by molar-refractivity contribution is 4.97. The predicted octanol–water partition coefficient (Wildman–Crippen LogP) is 2.34. The van der Waals surface area contributed by atoms with E-state index in [0.717, 1.165) is 12.0 Å². The SMILES string of the molecule is CN1CCCC2CN(C3CCCC(C)(C)C3O)CCC21. The van der Waals surface area contributed by atoms with E-state index in [1.165, 1.54) is 58.2 Å². The summed E-state index contributed by atoms with van der Waals surface area (Å²) in [6.07, 6.45) is 7.53. The first-order chi connectivity index (χ1) is 9.49. The lowest BCUT2D eigenvalue weighted by Crippen LogP contribution is -2.59. The van der Waals surface area contributed by atoms with Crippen molar-refractivity contribution in [2.75, 3.05) is 26.7 Å². The van der Waals surface area contributed by atoms with E-state index < -0.39 is 0 Å². The Morgan fingerprint density at radius 2 is 1.80 bits per heavy atom. The van der Waals surface area contributed by atoms with Crippen LogP contribution in [0.3, 0.4) is 0 Å². The van der Waals surface area contributed by atoms with Crippen LogP contribution in [0.2, 0.25) is 0 Å². The van der Waals surface area contributed by atoms with Crippen molar-refractivity contribution in [1.82, 2.24) is 9.80 Å². The Kier molecular flexibility index (Phi) is 4.13. The number of fused-ring (bicyclic) bond motifs is 1. The Morgan fingerprint density at radius 1 is 1.00 bits per heavy atom. The van der Waals surface area contributed by atoms with Gasteiger partial charge in [0.2, 0.25) is 0 Å². The van der Waals surface area contributed by atoms with Gasteiger partial charge in [-0.15, -0.1) is 0 Å². The van der Waals surface area contributed by atoms with Crippen molar-refractivity contribution < 1.29 is 5.11 Å². The average Bonchev–Trinajstić information content (AvgIpc) is 2.42. The summed E-state index contributed by atoms with van der Waals surface area (Å²) in [7, 11) is 2.30. The molecule has 3 rings (SSSR count). The molecule has 3 heteroatoms. The van der Waals surface area contributed by atoms with Crippen molar-refractivity contribution in [1.29, 1.82) is 0 Å². The van der Waals surface area contributed by atoms with Crippen LogP contribution in [0.15, 0.2) is 0 Å². The monoisotopic (exact) mass is 280 g/mol. The first kappa shape index (κ1) is 14.8. The van der Waals surface area contributed by atoms with Gasteiger partial charge < -0.3 is 10.0 Å². The molecule has 0 aromatic carbocycles. The van der Waals surface area contributed by atoms with Gasteiger partial charge in [0.15, 0.2) is 0 Å². The molecule has 4 unspecified atom stereocenters. The zero-order valence-electron chi connectivity index (χ0n) is 13.5. The number of hydrogen-bond donors (Lipinski definition) is 1. The van der Waals surface area contributed by atoms with Crippen molar-refractivity contribution in [3.63, 3.8) is 0 Å². The molecule has 0 bridgehead atoms. The third kappa shape index (κ3) is 2.65. The predicted molar refractivity (Wildman–Crippen MR) is 82.8 cm³/mol. The number of piperidine rings is 2. The first-order valence-corrected chi connectivity index (χ1v) is 8.61. The topological polar surface area (TPSA) is 26.7 Å². The smallest absolute Gasteiger partial charge is 0.0746 e. The van der Waals surface area contributed by atoms with Gasteiger partial charge in [-0.3, -0.25) is 4.90 Å². The van der Waals surface area contributed by atoms with Gasteiger partial charge in [-0.1, -0.05) is 20.3 Å². The minimum atomic E-state index is -0.144. The maximum atomic E-state index is 10.7. The molecular weight excluding hydrogens is 248 g/mol. The number of aliphatic hydroxyl groups is 1. The van der Waals surface area contributed by atoms with Crippen molar-refractivity contribution >= 4 is 0 Å². The molecule has 0 amide bonds. The normalized spacial score (nSPS) is 43.2. The van der Waals surface area contributed by atoms with Crippen LogP contribution in [0.5, 0.6) is 0 Å². The molecule has 0 radical (unpaired) electrons. The highest BCUT2D eigenvalue weighted by atomic mass is 16.3. The molecule has 3 aliphatic rings. The van der Waals surface area contributed by atoms with Gasteiger partial charge in [0, 0.05) is 25.2 Å². The van der Waals surface area contributed by atoms with Gasteiger partial charge in [-0.05, 0) is 57.0 Å². The second-order valence-electron chi connectivity index (χ2n) is 8.13. The first-order valence-electron chi connectivity index (χ1n) is 8.61. The summed E-state index contributed by atoms with van der Waals surface area (Å²) < 4.78 is 0. The number of nitrogens with zero attached hydrogens (tertiary/aromatic N) is 2. The van der Waals surface area contributed by atoms with Crippen molar-refractivity contribution in [3.8, 4) is 0 Å². The van der Waals surface area contributed by atoms with E-state index in [-0.39, 0.29) is 11.5 Å². The molecule has 0 aromatic heterocycles. The van der Waals surface area contributed by atoms with Crippen LogP contribution >= 0.6 is 0 Å². The molecule has 0 aromatic rings. The summed E-state index contributed by atoms with van der Waals surface area (Å²) in [5.41, 5.74) is 0.100.